The Kier molecular flexibility index (Phi) is 4.98. The molecule has 2 heterocycles. The van der Waals surface area contributed by atoms with Crippen molar-refractivity contribution in [3.05, 3.63) is 29.6 Å². The van der Waals surface area contributed by atoms with Crippen molar-refractivity contribution in [3.63, 3.8) is 0 Å². The molecule has 0 spiro atoms. The molecular weight excluding hydrogens is 248 g/mol. The molecule has 0 aromatic carbocycles. The molecule has 1 aliphatic rings. The van der Waals surface area contributed by atoms with Crippen LogP contribution >= 0.6 is 11.6 Å². The number of ether oxygens (including phenoxy) is 1. The zero-order valence-electron chi connectivity index (χ0n) is 11.1. The Hall–Kier alpha value is -0.640. The maximum atomic E-state index is 6.51. The third-order valence-corrected chi connectivity index (χ3v) is 3.93. The van der Waals surface area contributed by atoms with Crippen LogP contribution in [0.3, 0.4) is 0 Å². The molecule has 0 saturated carbocycles. The highest BCUT2D eigenvalue weighted by atomic mass is 35.5. The first-order valence-corrected chi connectivity index (χ1v) is 7.02. The van der Waals surface area contributed by atoms with E-state index in [0.717, 1.165) is 37.6 Å². The van der Waals surface area contributed by atoms with Crippen LogP contribution in [0.15, 0.2) is 18.3 Å². The Morgan fingerprint density at radius 3 is 3.06 bits per heavy atom. The molecule has 1 saturated heterocycles. The number of aromatic nitrogens is 1. The Morgan fingerprint density at radius 1 is 1.56 bits per heavy atom. The summed E-state index contributed by atoms with van der Waals surface area (Å²) in [6.45, 7) is 7.73. The number of pyridine rings is 1. The molecule has 1 aliphatic heterocycles. The minimum atomic E-state index is -0.0651. The van der Waals surface area contributed by atoms with Crippen molar-refractivity contribution >= 4 is 11.6 Å². The summed E-state index contributed by atoms with van der Waals surface area (Å²) in [4.78, 5) is 6.61. The van der Waals surface area contributed by atoms with E-state index in [1.165, 1.54) is 6.42 Å². The first-order valence-electron chi connectivity index (χ1n) is 6.59. The maximum Gasteiger partial charge on any atom is 0.112 e. The summed E-state index contributed by atoms with van der Waals surface area (Å²) < 4.78 is 5.48. The van der Waals surface area contributed by atoms with Crippen LogP contribution in [0, 0.1) is 12.8 Å². The molecule has 0 amide bonds. The zero-order valence-corrected chi connectivity index (χ0v) is 11.9. The molecule has 2 rings (SSSR count). The van der Waals surface area contributed by atoms with E-state index in [2.05, 4.69) is 16.0 Å². The number of rotatable bonds is 5. The summed E-state index contributed by atoms with van der Waals surface area (Å²) in [6, 6.07) is 4.08. The fraction of sp³-hybridized carbons (Fsp3) is 0.643. The quantitative estimate of drug-likeness (QED) is 0.606. The van der Waals surface area contributed by atoms with Gasteiger partial charge in [0.05, 0.1) is 6.61 Å². The summed E-state index contributed by atoms with van der Waals surface area (Å²) in [7, 11) is 0. The van der Waals surface area contributed by atoms with E-state index >= 15 is 0 Å². The van der Waals surface area contributed by atoms with Gasteiger partial charge in [-0.3, -0.25) is 9.88 Å². The van der Waals surface area contributed by atoms with E-state index in [9.17, 15) is 0 Å². The average molecular weight is 269 g/mol. The largest absolute Gasteiger partial charge is 0.381 e. The van der Waals surface area contributed by atoms with Gasteiger partial charge in [0.1, 0.15) is 5.50 Å². The lowest BCUT2D eigenvalue weighted by Gasteiger charge is -2.22. The van der Waals surface area contributed by atoms with Crippen LogP contribution in [0.25, 0.3) is 0 Å². The Bertz CT molecular complexity index is 369. The number of alkyl halides is 1. The minimum Gasteiger partial charge on any atom is -0.381 e. The molecule has 0 aliphatic carbocycles. The van der Waals surface area contributed by atoms with Crippen molar-refractivity contribution in [2.45, 2.75) is 25.8 Å². The Morgan fingerprint density at radius 2 is 2.39 bits per heavy atom. The molecule has 0 radical (unpaired) electrons. The van der Waals surface area contributed by atoms with Gasteiger partial charge in [0.15, 0.2) is 0 Å². The van der Waals surface area contributed by atoms with Gasteiger partial charge in [0, 0.05) is 37.2 Å². The number of nitrogens with zero attached hydrogens (tertiary/aromatic N) is 2. The second kappa shape index (κ2) is 6.50. The van der Waals surface area contributed by atoms with E-state index in [-0.39, 0.29) is 5.50 Å². The highest BCUT2D eigenvalue weighted by molar-refractivity contribution is 6.20. The summed E-state index contributed by atoms with van der Waals surface area (Å²) in [5.41, 5.74) is 2.04. The van der Waals surface area contributed by atoms with E-state index in [1.807, 2.05) is 26.1 Å². The summed E-state index contributed by atoms with van der Waals surface area (Å²) in [5.74, 6) is 0.615. The molecule has 1 aromatic heterocycles. The summed E-state index contributed by atoms with van der Waals surface area (Å²) in [6.07, 6.45) is 3.05. The van der Waals surface area contributed by atoms with Crippen molar-refractivity contribution in [2.24, 2.45) is 5.92 Å². The van der Waals surface area contributed by atoms with Gasteiger partial charge in [0.25, 0.3) is 0 Å². The van der Waals surface area contributed by atoms with E-state index < -0.39 is 0 Å². The molecule has 2 unspecified atom stereocenters. The maximum absolute atomic E-state index is 6.51. The van der Waals surface area contributed by atoms with Gasteiger partial charge in [-0.15, -0.1) is 11.6 Å². The summed E-state index contributed by atoms with van der Waals surface area (Å²) >= 11 is 6.51. The highest BCUT2D eigenvalue weighted by Gasteiger charge is 2.28. The fourth-order valence-corrected chi connectivity index (χ4v) is 2.63. The second-order valence-corrected chi connectivity index (χ2v) is 5.29. The lowest BCUT2D eigenvalue weighted by atomic mass is 10.1. The van der Waals surface area contributed by atoms with Crippen LogP contribution in [0.2, 0.25) is 0 Å². The predicted octanol–water partition coefficient (Wildman–Crippen LogP) is 2.99. The van der Waals surface area contributed by atoms with Crippen LogP contribution < -0.4 is 0 Å². The topological polar surface area (TPSA) is 25.4 Å². The highest BCUT2D eigenvalue weighted by Crippen LogP contribution is 2.30. The number of hydrogen-bond acceptors (Lipinski definition) is 3. The second-order valence-electron chi connectivity index (χ2n) is 4.88. The van der Waals surface area contributed by atoms with Gasteiger partial charge < -0.3 is 4.74 Å². The van der Waals surface area contributed by atoms with Crippen molar-refractivity contribution < 1.29 is 4.74 Å². The fourth-order valence-electron chi connectivity index (χ4n) is 2.32. The average Bonchev–Trinajstić information content (AvgIpc) is 2.85. The summed E-state index contributed by atoms with van der Waals surface area (Å²) in [5, 5.41) is 0. The Labute approximate surface area is 114 Å². The van der Waals surface area contributed by atoms with E-state index in [0.29, 0.717) is 5.92 Å². The van der Waals surface area contributed by atoms with Gasteiger partial charge in [-0.05, 0) is 32.3 Å². The third-order valence-electron chi connectivity index (χ3n) is 3.40. The number of hydrogen-bond donors (Lipinski definition) is 0. The molecule has 18 heavy (non-hydrogen) atoms. The monoisotopic (exact) mass is 268 g/mol. The SMILES string of the molecule is CCOCC1CCN(C(Cl)c2ccc(C)nc2)C1. The molecule has 4 heteroatoms. The number of aryl methyl sites for hydroxylation is 1. The first-order chi connectivity index (χ1) is 8.70. The van der Waals surface area contributed by atoms with Gasteiger partial charge in [-0.1, -0.05) is 6.07 Å². The molecular formula is C14H21ClN2O. The van der Waals surface area contributed by atoms with Crippen LogP contribution in [-0.2, 0) is 4.74 Å². The molecule has 0 N–H and O–H groups in total. The predicted molar refractivity (Wildman–Crippen MR) is 73.7 cm³/mol. The molecule has 1 aromatic rings. The molecule has 3 nitrogen and oxygen atoms in total. The van der Waals surface area contributed by atoms with Crippen molar-refractivity contribution in [1.29, 1.82) is 0 Å². The van der Waals surface area contributed by atoms with Crippen molar-refractivity contribution in [3.8, 4) is 0 Å². The van der Waals surface area contributed by atoms with Crippen LogP contribution in [-0.4, -0.2) is 36.2 Å². The third kappa shape index (κ3) is 3.44. The number of likely N-dealkylation sites (tertiary alicyclic amines) is 1. The van der Waals surface area contributed by atoms with Crippen molar-refractivity contribution in [2.75, 3.05) is 26.3 Å². The smallest absolute Gasteiger partial charge is 0.112 e. The van der Waals surface area contributed by atoms with Gasteiger partial charge in [0.2, 0.25) is 0 Å². The van der Waals surface area contributed by atoms with Crippen LogP contribution in [0.5, 0.6) is 0 Å². The first kappa shape index (κ1) is 13.8. The van der Waals surface area contributed by atoms with Gasteiger partial charge >= 0.3 is 0 Å². The molecule has 2 atom stereocenters. The van der Waals surface area contributed by atoms with Crippen LogP contribution in [0.1, 0.15) is 30.1 Å². The molecule has 0 bridgehead atoms. The zero-order chi connectivity index (χ0) is 13.0. The van der Waals surface area contributed by atoms with E-state index in [1.54, 1.807) is 0 Å². The molecule has 100 valence electrons. The van der Waals surface area contributed by atoms with Gasteiger partial charge in [-0.25, -0.2) is 0 Å². The van der Waals surface area contributed by atoms with Gasteiger partial charge in [-0.2, -0.15) is 0 Å². The normalized spacial score (nSPS) is 22.3. The Balaban J connectivity index is 1.90. The molecule has 1 fully saturated rings. The van der Waals surface area contributed by atoms with E-state index in [4.69, 9.17) is 16.3 Å². The standard InChI is InChI=1S/C14H21ClN2O/c1-3-18-10-12-6-7-17(9-12)14(15)13-5-4-11(2)16-8-13/h4-5,8,12,14H,3,6-7,9-10H2,1-2H3. The lowest BCUT2D eigenvalue weighted by Crippen LogP contribution is -2.24. The van der Waals surface area contributed by atoms with Crippen molar-refractivity contribution in [1.82, 2.24) is 9.88 Å². The number of halogens is 1. The minimum absolute atomic E-state index is 0.0651. The van der Waals surface area contributed by atoms with Crippen LogP contribution in [0.4, 0.5) is 0 Å². The lowest BCUT2D eigenvalue weighted by molar-refractivity contribution is 0.111.